The van der Waals surface area contributed by atoms with Crippen LogP contribution >= 0.6 is 0 Å². The summed E-state index contributed by atoms with van der Waals surface area (Å²) in [6, 6.07) is 13.3. The Hall–Kier alpha value is -2.99. The quantitative estimate of drug-likeness (QED) is 0.509. The van der Waals surface area contributed by atoms with Gasteiger partial charge in [-0.1, -0.05) is 42.5 Å². The molecule has 1 saturated heterocycles. The van der Waals surface area contributed by atoms with Crippen LogP contribution in [0.4, 0.5) is 4.39 Å². The Morgan fingerprint density at radius 2 is 1.77 bits per heavy atom. The summed E-state index contributed by atoms with van der Waals surface area (Å²) in [5.41, 5.74) is 0.965. The van der Waals surface area contributed by atoms with Crippen LogP contribution < -0.4 is 0 Å². The number of rotatable bonds is 5. The van der Waals surface area contributed by atoms with E-state index in [-0.39, 0.29) is 24.5 Å². The summed E-state index contributed by atoms with van der Waals surface area (Å²) in [6.45, 7) is 0.408. The average molecular weight is 355 g/mol. The predicted octanol–water partition coefficient (Wildman–Crippen LogP) is 2.89. The molecule has 134 valence electrons. The van der Waals surface area contributed by atoms with Gasteiger partial charge in [0.05, 0.1) is 18.2 Å². The highest BCUT2D eigenvalue weighted by atomic mass is 19.1. The Bertz CT molecular complexity index is 846. The molecule has 1 N–H and O–H groups in total. The second-order valence-corrected chi connectivity index (χ2v) is 5.90. The molecule has 0 radical (unpaired) electrons. The maximum Gasteiger partial charge on any atom is 0.295 e. The normalized spacial score (nSPS) is 19.2. The van der Waals surface area contributed by atoms with Gasteiger partial charge in [-0.25, -0.2) is 4.39 Å². The van der Waals surface area contributed by atoms with E-state index in [0.717, 1.165) is 0 Å². The molecule has 1 fully saturated rings. The lowest BCUT2D eigenvalue weighted by Crippen LogP contribution is -2.32. The van der Waals surface area contributed by atoms with Gasteiger partial charge in [-0.2, -0.15) is 0 Å². The van der Waals surface area contributed by atoms with Gasteiger partial charge in [0.15, 0.2) is 0 Å². The van der Waals surface area contributed by atoms with Crippen molar-refractivity contribution in [3.63, 3.8) is 0 Å². The van der Waals surface area contributed by atoms with E-state index in [2.05, 4.69) is 0 Å². The van der Waals surface area contributed by atoms with Gasteiger partial charge in [-0.05, 0) is 17.7 Å². The molecule has 1 aliphatic rings. The van der Waals surface area contributed by atoms with E-state index in [1.165, 1.54) is 36.3 Å². The molecule has 0 bridgehead atoms. The van der Waals surface area contributed by atoms with Crippen LogP contribution in [0.15, 0.2) is 60.2 Å². The number of amides is 1. The molecular formula is C20H18FNO4. The summed E-state index contributed by atoms with van der Waals surface area (Å²) in [5.74, 6) is -2.16. The molecule has 0 aromatic heterocycles. The van der Waals surface area contributed by atoms with E-state index < -0.39 is 23.5 Å². The SMILES string of the molecule is COCCN1C(=O)C(=O)/C(=C(\O)c2ccccc2)C1c1ccc(F)cc1. The fourth-order valence-electron chi connectivity index (χ4n) is 3.04. The zero-order valence-electron chi connectivity index (χ0n) is 14.2. The number of aliphatic hydroxyl groups is 1. The number of carbonyl (C=O) groups excluding carboxylic acids is 2. The lowest BCUT2D eigenvalue weighted by molar-refractivity contribution is -0.140. The molecule has 26 heavy (non-hydrogen) atoms. The van der Waals surface area contributed by atoms with E-state index in [9.17, 15) is 19.1 Å². The maximum absolute atomic E-state index is 13.3. The fraction of sp³-hybridized carbons (Fsp3) is 0.200. The summed E-state index contributed by atoms with van der Waals surface area (Å²) in [7, 11) is 1.49. The summed E-state index contributed by atoms with van der Waals surface area (Å²) in [5, 5.41) is 10.7. The van der Waals surface area contributed by atoms with Crippen molar-refractivity contribution in [1.82, 2.24) is 4.90 Å². The smallest absolute Gasteiger partial charge is 0.295 e. The number of carbonyl (C=O) groups is 2. The zero-order chi connectivity index (χ0) is 18.7. The van der Waals surface area contributed by atoms with E-state index in [1.54, 1.807) is 30.3 Å². The van der Waals surface area contributed by atoms with Crippen molar-refractivity contribution in [2.75, 3.05) is 20.3 Å². The summed E-state index contributed by atoms with van der Waals surface area (Å²) in [4.78, 5) is 26.5. The minimum Gasteiger partial charge on any atom is -0.507 e. The minimum absolute atomic E-state index is 0.0103. The van der Waals surface area contributed by atoms with Gasteiger partial charge in [-0.3, -0.25) is 9.59 Å². The van der Waals surface area contributed by atoms with E-state index in [0.29, 0.717) is 11.1 Å². The van der Waals surface area contributed by atoms with Crippen molar-refractivity contribution >= 4 is 17.4 Å². The number of nitrogens with zero attached hydrogens (tertiary/aromatic N) is 1. The standard InChI is InChI=1S/C20H18FNO4/c1-26-12-11-22-17(13-7-9-15(21)10-8-13)16(19(24)20(22)25)18(23)14-5-3-2-4-6-14/h2-10,17,23H,11-12H2,1H3/b18-16-. The average Bonchev–Trinajstić information content (AvgIpc) is 2.91. The van der Waals surface area contributed by atoms with Gasteiger partial charge in [-0.15, -0.1) is 0 Å². The number of halogens is 1. The molecule has 3 rings (SSSR count). The number of ketones is 1. The largest absolute Gasteiger partial charge is 0.507 e. The van der Waals surface area contributed by atoms with Crippen LogP contribution in [0, 0.1) is 5.82 Å². The van der Waals surface area contributed by atoms with Gasteiger partial charge in [0.25, 0.3) is 11.7 Å². The third-order valence-electron chi connectivity index (χ3n) is 4.31. The second kappa shape index (κ2) is 7.49. The topological polar surface area (TPSA) is 66.8 Å². The molecule has 0 spiro atoms. The number of hydrogen-bond donors (Lipinski definition) is 1. The van der Waals surface area contributed by atoms with Gasteiger partial charge in [0.1, 0.15) is 11.6 Å². The lowest BCUT2D eigenvalue weighted by Gasteiger charge is -2.25. The summed E-state index contributed by atoms with van der Waals surface area (Å²) in [6.07, 6.45) is 0. The third kappa shape index (κ3) is 3.23. The number of Topliss-reactive ketones (excluding diaryl/α,β-unsaturated/α-hetero) is 1. The number of likely N-dealkylation sites (tertiary alicyclic amines) is 1. The first-order chi connectivity index (χ1) is 12.5. The van der Waals surface area contributed by atoms with E-state index in [1.807, 2.05) is 0 Å². The van der Waals surface area contributed by atoms with Crippen LogP contribution in [0.25, 0.3) is 5.76 Å². The minimum atomic E-state index is -0.800. The van der Waals surface area contributed by atoms with Crippen molar-refractivity contribution < 1.29 is 23.8 Å². The van der Waals surface area contributed by atoms with Crippen LogP contribution in [-0.2, 0) is 14.3 Å². The van der Waals surface area contributed by atoms with Crippen molar-refractivity contribution in [3.8, 4) is 0 Å². The predicted molar refractivity (Wildman–Crippen MR) is 93.7 cm³/mol. The molecule has 6 heteroatoms. The third-order valence-corrected chi connectivity index (χ3v) is 4.31. The Morgan fingerprint density at radius 1 is 1.12 bits per heavy atom. The molecule has 1 heterocycles. The van der Waals surface area contributed by atoms with Gasteiger partial charge in [0, 0.05) is 19.2 Å². The molecule has 1 unspecified atom stereocenters. The van der Waals surface area contributed by atoms with Crippen LogP contribution in [0.1, 0.15) is 17.2 Å². The zero-order valence-corrected chi connectivity index (χ0v) is 14.2. The molecule has 0 aliphatic carbocycles. The summed E-state index contributed by atoms with van der Waals surface area (Å²) < 4.78 is 18.3. The summed E-state index contributed by atoms with van der Waals surface area (Å²) >= 11 is 0. The van der Waals surface area contributed by atoms with Crippen LogP contribution in [0.2, 0.25) is 0 Å². The fourth-order valence-corrected chi connectivity index (χ4v) is 3.04. The van der Waals surface area contributed by atoms with Gasteiger partial charge >= 0.3 is 0 Å². The maximum atomic E-state index is 13.3. The van der Waals surface area contributed by atoms with E-state index >= 15 is 0 Å². The number of hydrogen-bond acceptors (Lipinski definition) is 4. The Balaban J connectivity index is 2.15. The Kier molecular flexibility index (Phi) is 5.14. The van der Waals surface area contributed by atoms with E-state index in [4.69, 9.17) is 4.74 Å². The number of ether oxygens (including phenoxy) is 1. The van der Waals surface area contributed by atoms with Crippen molar-refractivity contribution in [2.45, 2.75) is 6.04 Å². The van der Waals surface area contributed by atoms with Gasteiger partial charge < -0.3 is 14.7 Å². The molecule has 1 atom stereocenters. The van der Waals surface area contributed by atoms with Crippen molar-refractivity contribution in [2.24, 2.45) is 0 Å². The van der Waals surface area contributed by atoms with Crippen LogP contribution in [0.5, 0.6) is 0 Å². The first kappa shape index (κ1) is 17.8. The molecule has 1 amide bonds. The first-order valence-corrected chi connectivity index (χ1v) is 8.13. The molecule has 2 aromatic rings. The highest BCUT2D eigenvalue weighted by Gasteiger charge is 2.45. The number of benzene rings is 2. The van der Waals surface area contributed by atoms with Crippen LogP contribution in [-0.4, -0.2) is 42.0 Å². The molecule has 0 saturated carbocycles. The van der Waals surface area contributed by atoms with Crippen molar-refractivity contribution in [3.05, 3.63) is 77.1 Å². The highest BCUT2D eigenvalue weighted by Crippen LogP contribution is 2.39. The second-order valence-electron chi connectivity index (χ2n) is 5.90. The molecule has 2 aromatic carbocycles. The molecule has 1 aliphatic heterocycles. The monoisotopic (exact) mass is 355 g/mol. The van der Waals surface area contributed by atoms with Crippen molar-refractivity contribution in [1.29, 1.82) is 0 Å². The highest BCUT2D eigenvalue weighted by molar-refractivity contribution is 6.46. The lowest BCUT2D eigenvalue weighted by atomic mass is 9.95. The van der Waals surface area contributed by atoms with Crippen LogP contribution in [0.3, 0.4) is 0 Å². The Labute approximate surface area is 150 Å². The Morgan fingerprint density at radius 3 is 2.38 bits per heavy atom. The van der Waals surface area contributed by atoms with Gasteiger partial charge in [0.2, 0.25) is 0 Å². The number of aliphatic hydroxyl groups excluding tert-OH is 1. The number of methoxy groups -OCH3 is 1. The molecule has 5 nitrogen and oxygen atoms in total. The first-order valence-electron chi connectivity index (χ1n) is 8.13. The molecular weight excluding hydrogens is 337 g/mol.